The number of hydrogen-bond acceptors (Lipinski definition) is 4. The first-order valence-electron chi connectivity index (χ1n) is 2.93. The zero-order valence-electron chi connectivity index (χ0n) is 6.09. The fourth-order valence-corrected chi connectivity index (χ4v) is 0.324. The van der Waals surface area contributed by atoms with E-state index in [1.807, 2.05) is 0 Å². The summed E-state index contributed by atoms with van der Waals surface area (Å²) >= 11 is 0. The van der Waals surface area contributed by atoms with Crippen LogP contribution in [0.2, 0.25) is 0 Å². The number of Topliss-reactive ketones (excluding diaryl/α,β-unsaturated/α-hetero) is 1. The molecular weight excluding hydrogens is 134 g/mol. The van der Waals surface area contributed by atoms with Crippen molar-refractivity contribution in [3.05, 3.63) is 0 Å². The Labute approximate surface area is 59.3 Å². The summed E-state index contributed by atoms with van der Waals surface area (Å²) < 4.78 is 4.48. The number of ether oxygens (including phenoxy) is 1. The number of carbonyl (C=O) groups is 2. The third-order valence-electron chi connectivity index (χ3n) is 0.988. The number of hydrogen-bond donors (Lipinski definition) is 1. The number of rotatable bonds is 3. The standard InChI is InChI=1S/C6H11NO3/c1-4(8)6(7)3-10-5(2)9/h6H,3,7H2,1-2H3. The minimum atomic E-state index is -0.677. The van der Waals surface area contributed by atoms with Crippen LogP contribution >= 0.6 is 0 Å². The molecule has 0 aliphatic heterocycles. The van der Waals surface area contributed by atoms with Crippen molar-refractivity contribution in [3.63, 3.8) is 0 Å². The van der Waals surface area contributed by atoms with Crippen molar-refractivity contribution in [2.24, 2.45) is 5.73 Å². The van der Waals surface area contributed by atoms with E-state index in [0.29, 0.717) is 0 Å². The van der Waals surface area contributed by atoms with Gasteiger partial charge < -0.3 is 10.5 Å². The van der Waals surface area contributed by atoms with E-state index < -0.39 is 12.0 Å². The van der Waals surface area contributed by atoms with Crippen LogP contribution in [0.4, 0.5) is 0 Å². The largest absolute Gasteiger partial charge is 0.464 e. The molecule has 4 heteroatoms. The number of nitrogens with two attached hydrogens (primary N) is 1. The van der Waals surface area contributed by atoms with E-state index in [9.17, 15) is 9.59 Å². The van der Waals surface area contributed by atoms with Crippen molar-refractivity contribution >= 4 is 11.8 Å². The van der Waals surface area contributed by atoms with E-state index in [1.54, 1.807) is 0 Å². The molecule has 0 aromatic carbocycles. The lowest BCUT2D eigenvalue weighted by Gasteiger charge is -2.05. The van der Waals surface area contributed by atoms with Crippen molar-refractivity contribution in [1.82, 2.24) is 0 Å². The summed E-state index contributed by atoms with van der Waals surface area (Å²) in [7, 11) is 0. The second-order valence-electron chi connectivity index (χ2n) is 2.02. The minimum absolute atomic E-state index is 0.0231. The van der Waals surface area contributed by atoms with E-state index in [1.165, 1.54) is 13.8 Å². The van der Waals surface area contributed by atoms with Gasteiger partial charge in [-0.25, -0.2) is 0 Å². The van der Waals surface area contributed by atoms with Gasteiger partial charge in [0.15, 0.2) is 0 Å². The van der Waals surface area contributed by atoms with Gasteiger partial charge in [0.25, 0.3) is 0 Å². The molecule has 58 valence electrons. The molecular formula is C6H11NO3. The molecule has 0 heterocycles. The van der Waals surface area contributed by atoms with Crippen LogP contribution in [0.15, 0.2) is 0 Å². The quantitative estimate of drug-likeness (QED) is 0.542. The summed E-state index contributed by atoms with van der Waals surface area (Å²) in [5.74, 6) is -0.599. The van der Waals surface area contributed by atoms with Gasteiger partial charge in [-0.2, -0.15) is 0 Å². The Morgan fingerprint density at radius 2 is 2.00 bits per heavy atom. The van der Waals surface area contributed by atoms with Crippen molar-refractivity contribution in [3.8, 4) is 0 Å². The predicted octanol–water partition coefficient (Wildman–Crippen LogP) is -0.534. The summed E-state index contributed by atoms with van der Waals surface area (Å²) in [5.41, 5.74) is 5.24. The lowest BCUT2D eigenvalue weighted by molar-refractivity contribution is -0.142. The van der Waals surface area contributed by atoms with Gasteiger partial charge >= 0.3 is 5.97 Å². The number of ketones is 1. The van der Waals surface area contributed by atoms with Gasteiger partial charge in [-0.05, 0) is 6.92 Å². The maximum Gasteiger partial charge on any atom is 0.302 e. The lowest BCUT2D eigenvalue weighted by Crippen LogP contribution is -2.33. The van der Waals surface area contributed by atoms with Crippen LogP contribution < -0.4 is 5.73 Å². The van der Waals surface area contributed by atoms with Gasteiger partial charge in [0, 0.05) is 6.92 Å². The monoisotopic (exact) mass is 145 g/mol. The van der Waals surface area contributed by atoms with Crippen molar-refractivity contribution in [2.75, 3.05) is 6.61 Å². The Kier molecular flexibility index (Phi) is 3.64. The Morgan fingerprint density at radius 1 is 1.50 bits per heavy atom. The Morgan fingerprint density at radius 3 is 2.30 bits per heavy atom. The Balaban J connectivity index is 3.49. The summed E-state index contributed by atoms with van der Waals surface area (Å²) in [4.78, 5) is 20.6. The summed E-state index contributed by atoms with van der Waals surface area (Å²) in [6.45, 7) is 2.60. The number of esters is 1. The van der Waals surface area contributed by atoms with Crippen LogP contribution in [-0.4, -0.2) is 24.4 Å². The number of carbonyl (C=O) groups excluding carboxylic acids is 2. The molecule has 0 saturated heterocycles. The molecule has 1 unspecified atom stereocenters. The molecule has 0 fully saturated rings. The van der Waals surface area contributed by atoms with E-state index in [4.69, 9.17) is 5.73 Å². The van der Waals surface area contributed by atoms with Gasteiger partial charge in [-0.1, -0.05) is 0 Å². The van der Waals surface area contributed by atoms with Crippen LogP contribution in [0.5, 0.6) is 0 Å². The van der Waals surface area contributed by atoms with Gasteiger partial charge in [-0.3, -0.25) is 9.59 Å². The highest BCUT2D eigenvalue weighted by Crippen LogP contribution is 1.83. The van der Waals surface area contributed by atoms with Crippen LogP contribution in [0, 0.1) is 0 Å². The lowest BCUT2D eigenvalue weighted by atomic mass is 10.2. The molecule has 0 radical (unpaired) electrons. The molecule has 0 aromatic rings. The molecule has 1 atom stereocenters. The maximum atomic E-state index is 10.4. The Bertz CT molecular complexity index is 144. The second kappa shape index (κ2) is 4.00. The highest BCUT2D eigenvalue weighted by Gasteiger charge is 2.08. The molecule has 0 saturated carbocycles. The summed E-state index contributed by atoms with van der Waals surface area (Å²) in [6, 6.07) is -0.677. The van der Waals surface area contributed by atoms with Crippen molar-refractivity contribution in [1.29, 1.82) is 0 Å². The molecule has 0 bridgehead atoms. The molecule has 10 heavy (non-hydrogen) atoms. The van der Waals surface area contributed by atoms with E-state index >= 15 is 0 Å². The van der Waals surface area contributed by atoms with E-state index in [2.05, 4.69) is 4.74 Å². The average Bonchev–Trinajstić information content (AvgIpc) is 1.82. The van der Waals surface area contributed by atoms with Gasteiger partial charge in [0.1, 0.15) is 12.4 Å². The first kappa shape index (κ1) is 9.10. The van der Waals surface area contributed by atoms with Crippen LogP contribution in [0.25, 0.3) is 0 Å². The zero-order valence-corrected chi connectivity index (χ0v) is 6.09. The fraction of sp³-hybridized carbons (Fsp3) is 0.667. The second-order valence-corrected chi connectivity index (χ2v) is 2.02. The molecule has 0 aliphatic carbocycles. The molecule has 0 amide bonds. The van der Waals surface area contributed by atoms with Gasteiger partial charge in [0.05, 0.1) is 6.04 Å². The van der Waals surface area contributed by atoms with Crippen molar-refractivity contribution < 1.29 is 14.3 Å². The maximum absolute atomic E-state index is 10.4. The molecule has 0 spiro atoms. The summed E-state index contributed by atoms with van der Waals surface area (Å²) in [6.07, 6.45) is 0. The topological polar surface area (TPSA) is 69.4 Å². The first-order valence-corrected chi connectivity index (χ1v) is 2.93. The molecule has 0 rings (SSSR count). The third kappa shape index (κ3) is 4.03. The molecule has 0 aromatic heterocycles. The van der Waals surface area contributed by atoms with Gasteiger partial charge in [-0.15, -0.1) is 0 Å². The molecule has 0 aliphatic rings. The molecule has 4 nitrogen and oxygen atoms in total. The Hall–Kier alpha value is -0.900. The van der Waals surface area contributed by atoms with E-state index in [0.717, 1.165) is 0 Å². The van der Waals surface area contributed by atoms with Crippen molar-refractivity contribution in [2.45, 2.75) is 19.9 Å². The highest BCUT2D eigenvalue weighted by atomic mass is 16.5. The third-order valence-corrected chi connectivity index (χ3v) is 0.988. The SMILES string of the molecule is CC(=O)OCC(N)C(C)=O. The smallest absolute Gasteiger partial charge is 0.302 e. The average molecular weight is 145 g/mol. The van der Waals surface area contributed by atoms with Crippen LogP contribution in [0.3, 0.4) is 0 Å². The fourth-order valence-electron chi connectivity index (χ4n) is 0.324. The van der Waals surface area contributed by atoms with Crippen LogP contribution in [0.1, 0.15) is 13.8 Å². The highest BCUT2D eigenvalue weighted by molar-refractivity contribution is 5.81. The van der Waals surface area contributed by atoms with Crippen LogP contribution in [-0.2, 0) is 14.3 Å². The zero-order chi connectivity index (χ0) is 8.15. The predicted molar refractivity (Wildman–Crippen MR) is 35.3 cm³/mol. The molecule has 2 N–H and O–H groups in total. The van der Waals surface area contributed by atoms with E-state index in [-0.39, 0.29) is 12.4 Å². The summed E-state index contributed by atoms with van der Waals surface area (Å²) in [5, 5.41) is 0. The first-order chi connectivity index (χ1) is 4.54. The normalized spacial score (nSPS) is 12.3. The minimum Gasteiger partial charge on any atom is -0.464 e. The van der Waals surface area contributed by atoms with Gasteiger partial charge in [0.2, 0.25) is 0 Å².